The maximum Gasteiger partial charge on any atom is 0.161 e. The van der Waals surface area contributed by atoms with Gasteiger partial charge in [0, 0.05) is 5.56 Å². The number of rotatable bonds is 3. The average Bonchev–Trinajstić information content (AvgIpc) is 2.08. The molecule has 0 radical (unpaired) electrons. The predicted octanol–water partition coefficient (Wildman–Crippen LogP) is 3.14. The molecular formula is C10H11FOS. The molecule has 0 saturated carbocycles. The molecule has 0 aliphatic rings. The molecule has 1 nitrogen and oxygen atoms in total. The van der Waals surface area contributed by atoms with Crippen LogP contribution in [0.25, 0.3) is 0 Å². The zero-order chi connectivity index (χ0) is 9.84. The highest BCUT2D eigenvalue weighted by Crippen LogP contribution is 2.25. The lowest BCUT2D eigenvalue weighted by molar-refractivity contribution is 0.101. The van der Waals surface area contributed by atoms with Crippen LogP contribution >= 0.6 is 11.8 Å². The van der Waals surface area contributed by atoms with Crippen molar-refractivity contribution in [1.82, 2.24) is 0 Å². The van der Waals surface area contributed by atoms with Gasteiger partial charge in [0.15, 0.2) is 5.78 Å². The highest BCUT2D eigenvalue weighted by Gasteiger charge is 2.10. The maximum atomic E-state index is 13.2. The van der Waals surface area contributed by atoms with Crippen molar-refractivity contribution in [3.8, 4) is 0 Å². The number of thioether (sulfide) groups is 1. The van der Waals surface area contributed by atoms with Gasteiger partial charge in [-0.2, -0.15) is 0 Å². The highest BCUT2D eigenvalue weighted by molar-refractivity contribution is 7.99. The van der Waals surface area contributed by atoms with E-state index in [1.165, 1.54) is 24.8 Å². The fraction of sp³-hybridized carbons (Fsp3) is 0.300. The summed E-state index contributed by atoms with van der Waals surface area (Å²) < 4.78 is 13.2. The Labute approximate surface area is 81.3 Å². The SMILES string of the molecule is CCSc1c(F)cccc1C(C)=O. The Morgan fingerprint density at radius 1 is 1.54 bits per heavy atom. The zero-order valence-electron chi connectivity index (χ0n) is 7.63. The molecule has 1 rings (SSSR count). The van der Waals surface area contributed by atoms with Crippen LogP contribution in [0.2, 0.25) is 0 Å². The van der Waals surface area contributed by atoms with E-state index >= 15 is 0 Å². The minimum absolute atomic E-state index is 0.0875. The summed E-state index contributed by atoms with van der Waals surface area (Å²) in [5.41, 5.74) is 0.479. The molecule has 0 N–H and O–H groups in total. The van der Waals surface area contributed by atoms with Crippen LogP contribution in [-0.2, 0) is 0 Å². The lowest BCUT2D eigenvalue weighted by Gasteiger charge is -2.05. The Kier molecular flexibility index (Phi) is 3.48. The monoisotopic (exact) mass is 198 g/mol. The van der Waals surface area contributed by atoms with Gasteiger partial charge in [0.1, 0.15) is 5.82 Å². The lowest BCUT2D eigenvalue weighted by Crippen LogP contribution is -1.97. The molecule has 0 heterocycles. The van der Waals surface area contributed by atoms with Gasteiger partial charge in [0.2, 0.25) is 0 Å². The number of hydrogen-bond acceptors (Lipinski definition) is 2. The van der Waals surface area contributed by atoms with Gasteiger partial charge >= 0.3 is 0 Å². The van der Waals surface area contributed by atoms with Gasteiger partial charge in [-0.1, -0.05) is 19.1 Å². The Morgan fingerprint density at radius 3 is 2.77 bits per heavy atom. The predicted molar refractivity (Wildman–Crippen MR) is 52.8 cm³/mol. The second kappa shape index (κ2) is 4.42. The zero-order valence-corrected chi connectivity index (χ0v) is 8.45. The van der Waals surface area contributed by atoms with Crippen LogP contribution in [-0.4, -0.2) is 11.5 Å². The molecule has 0 bridgehead atoms. The van der Waals surface area contributed by atoms with Gasteiger partial charge in [-0.05, 0) is 18.7 Å². The fourth-order valence-electron chi connectivity index (χ4n) is 1.08. The van der Waals surface area contributed by atoms with E-state index in [9.17, 15) is 9.18 Å². The Bertz CT molecular complexity index is 323. The van der Waals surface area contributed by atoms with Gasteiger partial charge in [-0.15, -0.1) is 11.8 Å². The third-order valence-corrected chi connectivity index (χ3v) is 2.63. The van der Waals surface area contributed by atoms with E-state index < -0.39 is 0 Å². The summed E-state index contributed by atoms with van der Waals surface area (Å²) in [5, 5.41) is 0. The summed E-state index contributed by atoms with van der Waals surface area (Å²) in [6.07, 6.45) is 0. The Balaban J connectivity index is 3.17. The van der Waals surface area contributed by atoms with Crippen molar-refractivity contribution in [1.29, 1.82) is 0 Å². The normalized spacial score (nSPS) is 10.1. The number of halogens is 1. The molecule has 13 heavy (non-hydrogen) atoms. The molecule has 3 heteroatoms. The number of Topliss-reactive ketones (excluding diaryl/α,β-unsaturated/α-hetero) is 1. The van der Waals surface area contributed by atoms with E-state index in [-0.39, 0.29) is 11.6 Å². The molecule has 0 amide bonds. The second-order valence-electron chi connectivity index (χ2n) is 2.61. The van der Waals surface area contributed by atoms with Crippen LogP contribution in [0.4, 0.5) is 4.39 Å². The molecule has 0 fully saturated rings. The number of hydrogen-bond donors (Lipinski definition) is 0. The summed E-state index contributed by atoms with van der Waals surface area (Å²) in [5.74, 6) is 0.372. The lowest BCUT2D eigenvalue weighted by atomic mass is 10.1. The minimum atomic E-state index is -0.306. The van der Waals surface area contributed by atoms with E-state index in [0.717, 1.165) is 5.75 Å². The molecule has 0 unspecified atom stereocenters. The van der Waals surface area contributed by atoms with Gasteiger partial charge < -0.3 is 0 Å². The first-order valence-electron chi connectivity index (χ1n) is 4.09. The number of carbonyl (C=O) groups is 1. The van der Waals surface area contributed by atoms with Crippen molar-refractivity contribution < 1.29 is 9.18 Å². The first-order valence-corrected chi connectivity index (χ1v) is 5.07. The molecule has 0 saturated heterocycles. The molecule has 1 aromatic carbocycles. The first-order chi connectivity index (χ1) is 6.16. The third-order valence-electron chi connectivity index (χ3n) is 1.63. The number of ketones is 1. The summed E-state index contributed by atoms with van der Waals surface area (Å²) in [7, 11) is 0. The largest absolute Gasteiger partial charge is 0.294 e. The molecule has 0 aliphatic carbocycles. The molecule has 70 valence electrons. The summed E-state index contributed by atoms with van der Waals surface area (Å²) in [6.45, 7) is 3.38. The quantitative estimate of drug-likeness (QED) is 0.548. The van der Waals surface area contributed by atoms with Gasteiger partial charge in [0.25, 0.3) is 0 Å². The maximum absolute atomic E-state index is 13.2. The van der Waals surface area contributed by atoms with Crippen molar-refractivity contribution in [3.63, 3.8) is 0 Å². The first kappa shape index (κ1) is 10.3. The van der Waals surface area contributed by atoms with Crippen molar-refractivity contribution in [3.05, 3.63) is 29.6 Å². The Morgan fingerprint density at radius 2 is 2.23 bits per heavy atom. The topological polar surface area (TPSA) is 17.1 Å². The molecular weight excluding hydrogens is 187 g/mol. The third kappa shape index (κ3) is 2.31. The number of benzene rings is 1. The van der Waals surface area contributed by atoms with Gasteiger partial charge in [0.05, 0.1) is 4.90 Å². The summed E-state index contributed by atoms with van der Waals surface area (Å²) in [4.78, 5) is 11.6. The van der Waals surface area contributed by atoms with Crippen LogP contribution < -0.4 is 0 Å². The van der Waals surface area contributed by atoms with E-state index in [0.29, 0.717) is 10.5 Å². The second-order valence-corrected chi connectivity index (χ2v) is 3.88. The van der Waals surface area contributed by atoms with Crippen LogP contribution in [0.1, 0.15) is 24.2 Å². The van der Waals surface area contributed by atoms with Crippen LogP contribution in [0, 0.1) is 5.82 Å². The highest BCUT2D eigenvalue weighted by atomic mass is 32.2. The van der Waals surface area contributed by atoms with Crippen molar-refractivity contribution >= 4 is 17.5 Å². The Hall–Kier alpha value is -0.830. The van der Waals surface area contributed by atoms with E-state index in [2.05, 4.69) is 0 Å². The molecule has 1 aromatic rings. The molecule has 0 spiro atoms. The van der Waals surface area contributed by atoms with E-state index in [1.807, 2.05) is 6.92 Å². The molecule has 0 aromatic heterocycles. The minimum Gasteiger partial charge on any atom is -0.294 e. The standard InChI is InChI=1S/C10H11FOS/c1-3-13-10-8(7(2)12)5-4-6-9(10)11/h4-6H,3H2,1-2H3. The summed E-state index contributed by atoms with van der Waals surface area (Å²) in [6, 6.07) is 4.60. The van der Waals surface area contributed by atoms with Crippen LogP contribution in [0.3, 0.4) is 0 Å². The van der Waals surface area contributed by atoms with Crippen LogP contribution in [0.15, 0.2) is 23.1 Å². The van der Waals surface area contributed by atoms with Crippen molar-refractivity contribution in [2.24, 2.45) is 0 Å². The van der Waals surface area contributed by atoms with Crippen LogP contribution in [0.5, 0.6) is 0 Å². The van der Waals surface area contributed by atoms with Crippen molar-refractivity contribution in [2.45, 2.75) is 18.7 Å². The molecule has 0 aliphatic heterocycles. The van der Waals surface area contributed by atoms with Crippen molar-refractivity contribution in [2.75, 3.05) is 5.75 Å². The fourth-order valence-corrected chi connectivity index (χ4v) is 1.94. The van der Waals surface area contributed by atoms with E-state index in [4.69, 9.17) is 0 Å². The summed E-state index contributed by atoms with van der Waals surface area (Å²) >= 11 is 1.36. The molecule has 0 atom stereocenters. The van der Waals surface area contributed by atoms with E-state index in [1.54, 1.807) is 12.1 Å². The van der Waals surface area contributed by atoms with Gasteiger partial charge in [-0.3, -0.25) is 4.79 Å². The average molecular weight is 198 g/mol. The smallest absolute Gasteiger partial charge is 0.161 e. The van der Waals surface area contributed by atoms with Gasteiger partial charge in [-0.25, -0.2) is 4.39 Å². The number of carbonyl (C=O) groups excluding carboxylic acids is 1.